The van der Waals surface area contributed by atoms with Crippen molar-refractivity contribution in [3.05, 3.63) is 24.3 Å². The predicted molar refractivity (Wildman–Crippen MR) is 106 cm³/mol. The second-order valence-corrected chi connectivity index (χ2v) is 9.98. The summed E-state index contributed by atoms with van der Waals surface area (Å²) in [6.45, 7) is 10.2. The van der Waals surface area contributed by atoms with Gasteiger partial charge in [-0.25, -0.2) is 0 Å². The molecule has 7 atom stereocenters. The minimum Gasteiger partial charge on any atom is -0.462 e. The Morgan fingerprint density at radius 1 is 1.22 bits per heavy atom. The van der Waals surface area contributed by atoms with E-state index in [0.29, 0.717) is 29.5 Å². The highest BCUT2D eigenvalue weighted by atomic mass is 16.5. The molecular weight excluding hydrogens is 336 g/mol. The van der Waals surface area contributed by atoms with Gasteiger partial charge in [-0.15, -0.1) is 6.58 Å². The van der Waals surface area contributed by atoms with E-state index in [1.165, 1.54) is 12.5 Å². The molecule has 0 bridgehead atoms. The molecule has 0 heterocycles. The predicted octanol–water partition coefficient (Wildman–Crippen LogP) is 5.25. The molecule has 0 amide bonds. The first kappa shape index (κ1) is 19.0. The third kappa shape index (κ3) is 2.84. The number of Topliss-reactive ketones (excluding diaryl/α,β-unsaturated/α-hetero) is 1. The van der Waals surface area contributed by atoms with E-state index in [-0.39, 0.29) is 22.9 Å². The smallest absolute Gasteiger partial charge is 0.302 e. The molecule has 4 rings (SSSR count). The molecule has 0 spiro atoms. The van der Waals surface area contributed by atoms with Crippen molar-refractivity contribution in [1.29, 1.82) is 0 Å². The van der Waals surface area contributed by atoms with Crippen LogP contribution in [0.25, 0.3) is 0 Å². The summed E-state index contributed by atoms with van der Waals surface area (Å²) in [4.78, 5) is 24.1. The second-order valence-electron chi connectivity index (χ2n) is 9.98. The summed E-state index contributed by atoms with van der Waals surface area (Å²) in [6.07, 6.45) is 12.6. The third-order valence-corrected chi connectivity index (χ3v) is 8.71. The molecule has 0 N–H and O–H groups in total. The lowest BCUT2D eigenvalue weighted by Gasteiger charge is -2.59. The molecule has 4 unspecified atom stereocenters. The van der Waals surface area contributed by atoms with Crippen molar-refractivity contribution in [3.8, 4) is 0 Å². The molecule has 0 aromatic rings. The summed E-state index contributed by atoms with van der Waals surface area (Å²) in [7, 11) is 0. The van der Waals surface area contributed by atoms with Gasteiger partial charge in [-0.2, -0.15) is 0 Å². The maximum absolute atomic E-state index is 12.7. The molecule has 148 valence electrons. The van der Waals surface area contributed by atoms with Crippen molar-refractivity contribution >= 4 is 11.8 Å². The van der Waals surface area contributed by atoms with Gasteiger partial charge in [-0.3, -0.25) is 9.59 Å². The second kappa shape index (κ2) is 6.60. The number of ketones is 1. The zero-order valence-electron chi connectivity index (χ0n) is 17.1. The van der Waals surface area contributed by atoms with Gasteiger partial charge in [0.05, 0.1) is 0 Å². The molecule has 0 radical (unpaired) electrons. The number of hydrogen-bond acceptors (Lipinski definition) is 3. The summed E-state index contributed by atoms with van der Waals surface area (Å²) in [5.41, 5.74) is 1.60. The standard InChI is InChI=1S/C24H34O3/c1-5-6-16-13-17-14-18(27-15(2)25)9-11-23(17,3)20-10-12-24(4)19(22(16)20)7-8-21(24)26/h5,13,16,18-20,22H,1,6-12,14H2,2-4H3/t16-,18?,19?,20?,22?,23+,24+/m1/s1. The number of allylic oxidation sites excluding steroid dienone is 2. The van der Waals surface area contributed by atoms with Gasteiger partial charge < -0.3 is 4.74 Å². The molecule has 3 fully saturated rings. The first-order valence-electron chi connectivity index (χ1n) is 10.8. The number of carbonyl (C=O) groups excluding carboxylic acids is 2. The van der Waals surface area contributed by atoms with E-state index in [9.17, 15) is 9.59 Å². The van der Waals surface area contributed by atoms with Crippen molar-refractivity contribution < 1.29 is 14.3 Å². The molecular formula is C24H34O3. The molecule has 0 saturated heterocycles. The number of fused-ring (bicyclic) bond motifs is 5. The zero-order valence-corrected chi connectivity index (χ0v) is 17.1. The van der Waals surface area contributed by atoms with E-state index >= 15 is 0 Å². The van der Waals surface area contributed by atoms with Crippen molar-refractivity contribution in [2.75, 3.05) is 0 Å². The van der Waals surface area contributed by atoms with Crippen molar-refractivity contribution in [1.82, 2.24) is 0 Å². The Kier molecular flexibility index (Phi) is 4.63. The van der Waals surface area contributed by atoms with Crippen LogP contribution in [0.15, 0.2) is 24.3 Å². The van der Waals surface area contributed by atoms with Gasteiger partial charge in [-0.05, 0) is 67.6 Å². The normalized spacial score (nSPS) is 46.0. The Balaban J connectivity index is 1.70. The lowest BCUT2D eigenvalue weighted by atomic mass is 9.45. The average Bonchev–Trinajstić information content (AvgIpc) is 2.91. The van der Waals surface area contributed by atoms with E-state index < -0.39 is 0 Å². The molecule has 4 aliphatic rings. The third-order valence-electron chi connectivity index (χ3n) is 8.71. The number of carbonyl (C=O) groups is 2. The number of ether oxygens (including phenoxy) is 1. The maximum atomic E-state index is 12.7. The van der Waals surface area contributed by atoms with Gasteiger partial charge in [0.2, 0.25) is 0 Å². The van der Waals surface area contributed by atoms with Crippen LogP contribution >= 0.6 is 0 Å². The van der Waals surface area contributed by atoms with E-state index in [2.05, 4.69) is 32.6 Å². The molecule has 3 saturated carbocycles. The van der Waals surface area contributed by atoms with Crippen LogP contribution in [0.2, 0.25) is 0 Å². The Bertz CT molecular complexity index is 692. The Morgan fingerprint density at radius 3 is 2.63 bits per heavy atom. The SMILES string of the molecule is C=CC[C@@H]1C=C2CC(OC(C)=O)CC[C@]2(C)C2CC[C@]3(C)C(=O)CCC3C21. The summed E-state index contributed by atoms with van der Waals surface area (Å²) < 4.78 is 5.57. The van der Waals surface area contributed by atoms with Crippen LogP contribution in [0.3, 0.4) is 0 Å². The van der Waals surface area contributed by atoms with Gasteiger partial charge in [-0.1, -0.05) is 31.6 Å². The largest absolute Gasteiger partial charge is 0.462 e. The molecule has 0 aliphatic heterocycles. The van der Waals surface area contributed by atoms with Crippen molar-refractivity contribution in [2.24, 2.45) is 34.5 Å². The molecule has 3 heteroatoms. The molecule has 4 aliphatic carbocycles. The first-order valence-corrected chi connectivity index (χ1v) is 10.8. The Morgan fingerprint density at radius 2 is 1.93 bits per heavy atom. The molecule has 0 aromatic carbocycles. The molecule has 0 aromatic heterocycles. The highest BCUT2D eigenvalue weighted by molar-refractivity contribution is 5.87. The van der Waals surface area contributed by atoms with E-state index in [1.54, 1.807) is 0 Å². The fourth-order valence-electron chi connectivity index (χ4n) is 7.31. The Labute approximate surface area is 163 Å². The maximum Gasteiger partial charge on any atom is 0.302 e. The van der Waals surface area contributed by atoms with Crippen LogP contribution < -0.4 is 0 Å². The van der Waals surface area contributed by atoms with E-state index in [0.717, 1.165) is 51.4 Å². The van der Waals surface area contributed by atoms with Crippen LogP contribution in [-0.4, -0.2) is 17.9 Å². The summed E-state index contributed by atoms with van der Waals surface area (Å²) in [6, 6.07) is 0. The fraction of sp³-hybridized carbons (Fsp3) is 0.750. The fourth-order valence-corrected chi connectivity index (χ4v) is 7.31. The van der Waals surface area contributed by atoms with Gasteiger partial charge in [0.15, 0.2) is 0 Å². The summed E-state index contributed by atoms with van der Waals surface area (Å²) >= 11 is 0. The van der Waals surface area contributed by atoms with E-state index in [1.807, 2.05) is 0 Å². The monoisotopic (exact) mass is 370 g/mol. The Hall–Kier alpha value is -1.38. The van der Waals surface area contributed by atoms with Gasteiger partial charge >= 0.3 is 5.97 Å². The number of esters is 1. The molecule has 3 nitrogen and oxygen atoms in total. The van der Waals surface area contributed by atoms with Gasteiger partial charge in [0, 0.05) is 25.2 Å². The van der Waals surface area contributed by atoms with Gasteiger partial charge in [0.1, 0.15) is 11.9 Å². The van der Waals surface area contributed by atoms with Gasteiger partial charge in [0.25, 0.3) is 0 Å². The minimum atomic E-state index is -0.168. The highest BCUT2D eigenvalue weighted by Gasteiger charge is 2.60. The number of rotatable bonds is 3. The van der Waals surface area contributed by atoms with Crippen LogP contribution in [-0.2, 0) is 14.3 Å². The summed E-state index contributed by atoms with van der Waals surface area (Å²) in [5.74, 6) is 2.56. The lowest BCUT2D eigenvalue weighted by Crippen LogP contribution is -2.53. The average molecular weight is 371 g/mol. The topological polar surface area (TPSA) is 43.4 Å². The lowest BCUT2D eigenvalue weighted by molar-refractivity contribution is -0.149. The summed E-state index contributed by atoms with van der Waals surface area (Å²) in [5, 5.41) is 0. The van der Waals surface area contributed by atoms with Crippen LogP contribution in [0.4, 0.5) is 0 Å². The van der Waals surface area contributed by atoms with Crippen LogP contribution in [0.5, 0.6) is 0 Å². The quantitative estimate of drug-likeness (QED) is 0.503. The van der Waals surface area contributed by atoms with Crippen LogP contribution in [0.1, 0.15) is 72.1 Å². The van der Waals surface area contributed by atoms with Crippen molar-refractivity contribution in [3.63, 3.8) is 0 Å². The molecule has 27 heavy (non-hydrogen) atoms. The first-order chi connectivity index (χ1) is 12.8. The number of hydrogen-bond donors (Lipinski definition) is 0. The van der Waals surface area contributed by atoms with E-state index in [4.69, 9.17) is 4.74 Å². The minimum absolute atomic E-state index is 0.0321. The van der Waals surface area contributed by atoms with Crippen molar-refractivity contribution in [2.45, 2.75) is 78.2 Å². The highest BCUT2D eigenvalue weighted by Crippen LogP contribution is 2.65. The zero-order chi connectivity index (χ0) is 19.4. The van der Waals surface area contributed by atoms with Crippen LogP contribution in [0, 0.1) is 34.5 Å².